The number of amides is 1. The van der Waals surface area contributed by atoms with Crippen molar-refractivity contribution in [3.63, 3.8) is 0 Å². The number of rotatable bonds is 3. The topological polar surface area (TPSA) is 41.6 Å². The summed E-state index contributed by atoms with van der Waals surface area (Å²) in [5, 5.41) is 3.81. The Kier molecular flexibility index (Phi) is 4.91. The van der Waals surface area contributed by atoms with E-state index in [4.69, 9.17) is 4.74 Å². The second-order valence-corrected chi connectivity index (χ2v) is 9.13. The van der Waals surface area contributed by atoms with Crippen LogP contribution in [0.1, 0.15) is 72.6 Å². The Morgan fingerprint density at radius 2 is 1.74 bits per heavy atom. The number of nitrogens with zero attached hydrogens (tertiary/aromatic N) is 1. The van der Waals surface area contributed by atoms with E-state index in [0.717, 1.165) is 37.5 Å². The summed E-state index contributed by atoms with van der Waals surface area (Å²) in [5.41, 5.74) is -0.398. The predicted molar refractivity (Wildman–Crippen MR) is 92.4 cm³/mol. The molecule has 1 amide bonds. The van der Waals surface area contributed by atoms with Crippen LogP contribution in [-0.4, -0.2) is 41.3 Å². The standard InChI is InChI=1S/C19H34N2O2/c1-13-5-6-14(9-13)12-20-15-10-16-7-8-17(11-15)21(16)18(22)23-19(2,3)4/h13-17,20H,5-12H2,1-4H3. The van der Waals surface area contributed by atoms with Crippen molar-refractivity contribution in [1.29, 1.82) is 0 Å². The highest BCUT2D eigenvalue weighted by molar-refractivity contribution is 5.69. The quantitative estimate of drug-likeness (QED) is 0.855. The van der Waals surface area contributed by atoms with Gasteiger partial charge in [0.2, 0.25) is 0 Å². The molecule has 4 heteroatoms. The summed E-state index contributed by atoms with van der Waals surface area (Å²) >= 11 is 0. The molecule has 3 aliphatic rings. The third-order valence-corrected chi connectivity index (χ3v) is 5.84. The maximum Gasteiger partial charge on any atom is 0.410 e. The molecule has 0 aromatic carbocycles. The molecule has 2 aliphatic heterocycles. The molecule has 0 aromatic rings. The van der Waals surface area contributed by atoms with Crippen LogP contribution in [0.3, 0.4) is 0 Å². The zero-order valence-corrected chi connectivity index (χ0v) is 15.3. The van der Waals surface area contributed by atoms with E-state index in [9.17, 15) is 4.79 Å². The lowest BCUT2D eigenvalue weighted by atomic mass is 9.96. The SMILES string of the molecule is CC1CCC(CNC2CC3CCC(C2)N3C(=O)OC(C)(C)C)C1. The molecule has 0 radical (unpaired) electrons. The van der Waals surface area contributed by atoms with Crippen molar-refractivity contribution in [3.05, 3.63) is 0 Å². The summed E-state index contributed by atoms with van der Waals surface area (Å²) in [5.74, 6) is 1.78. The number of ether oxygens (including phenoxy) is 1. The second-order valence-electron chi connectivity index (χ2n) is 9.13. The highest BCUT2D eigenvalue weighted by Crippen LogP contribution is 2.37. The number of hydrogen-bond donors (Lipinski definition) is 1. The Morgan fingerprint density at radius 1 is 1.09 bits per heavy atom. The highest BCUT2D eigenvalue weighted by Gasteiger charge is 2.44. The van der Waals surface area contributed by atoms with Crippen LogP contribution in [-0.2, 0) is 4.74 Å². The number of piperidine rings is 1. The minimum absolute atomic E-state index is 0.104. The molecular weight excluding hydrogens is 288 g/mol. The summed E-state index contributed by atoms with van der Waals surface area (Å²) in [6, 6.07) is 1.34. The van der Waals surface area contributed by atoms with Gasteiger partial charge in [-0.15, -0.1) is 0 Å². The molecular formula is C19H34N2O2. The van der Waals surface area contributed by atoms with Gasteiger partial charge in [0, 0.05) is 18.1 Å². The van der Waals surface area contributed by atoms with Gasteiger partial charge in [0.15, 0.2) is 0 Å². The number of carbonyl (C=O) groups is 1. The van der Waals surface area contributed by atoms with Gasteiger partial charge in [-0.1, -0.05) is 13.3 Å². The molecule has 1 aliphatic carbocycles. The molecule has 2 heterocycles. The van der Waals surface area contributed by atoms with Crippen LogP contribution in [0.2, 0.25) is 0 Å². The molecule has 4 nitrogen and oxygen atoms in total. The average Bonchev–Trinajstić information content (AvgIpc) is 2.96. The molecule has 4 unspecified atom stereocenters. The summed E-state index contributed by atoms with van der Waals surface area (Å²) in [4.78, 5) is 14.5. The van der Waals surface area contributed by atoms with Gasteiger partial charge in [0.25, 0.3) is 0 Å². The molecule has 3 rings (SSSR count). The van der Waals surface area contributed by atoms with Gasteiger partial charge in [0.05, 0.1) is 0 Å². The fourth-order valence-corrected chi connectivity index (χ4v) is 4.80. The summed E-state index contributed by atoms with van der Waals surface area (Å²) < 4.78 is 5.61. The van der Waals surface area contributed by atoms with Crippen molar-refractivity contribution >= 4 is 6.09 Å². The number of nitrogens with one attached hydrogen (secondary N) is 1. The first-order valence-electron chi connectivity index (χ1n) is 9.56. The van der Waals surface area contributed by atoms with E-state index in [0.29, 0.717) is 18.1 Å². The first kappa shape index (κ1) is 17.1. The first-order valence-corrected chi connectivity index (χ1v) is 9.56. The van der Waals surface area contributed by atoms with E-state index in [1.807, 2.05) is 25.7 Å². The zero-order chi connectivity index (χ0) is 16.6. The smallest absolute Gasteiger partial charge is 0.410 e. The lowest BCUT2D eigenvalue weighted by Gasteiger charge is -2.40. The number of fused-ring (bicyclic) bond motifs is 2. The Bertz CT molecular complexity index is 418. The highest BCUT2D eigenvalue weighted by atomic mass is 16.6. The minimum atomic E-state index is -0.398. The Morgan fingerprint density at radius 3 is 2.26 bits per heavy atom. The Labute approximate surface area is 141 Å². The molecule has 2 bridgehead atoms. The van der Waals surface area contributed by atoms with E-state index < -0.39 is 5.60 Å². The Hall–Kier alpha value is -0.770. The molecule has 23 heavy (non-hydrogen) atoms. The molecule has 0 spiro atoms. The van der Waals surface area contributed by atoms with Crippen molar-refractivity contribution in [3.8, 4) is 0 Å². The molecule has 1 N–H and O–H groups in total. The molecule has 1 saturated carbocycles. The fourth-order valence-electron chi connectivity index (χ4n) is 4.80. The van der Waals surface area contributed by atoms with E-state index in [1.165, 1.54) is 25.8 Å². The van der Waals surface area contributed by atoms with Gasteiger partial charge < -0.3 is 15.0 Å². The molecule has 4 atom stereocenters. The largest absolute Gasteiger partial charge is 0.444 e. The second kappa shape index (κ2) is 6.62. The van der Waals surface area contributed by atoms with Gasteiger partial charge in [-0.3, -0.25) is 0 Å². The predicted octanol–water partition coefficient (Wildman–Crippen LogP) is 3.94. The summed E-state index contributed by atoms with van der Waals surface area (Å²) in [6.07, 6.45) is 8.54. The van der Waals surface area contributed by atoms with Crippen molar-refractivity contribution in [2.75, 3.05) is 6.54 Å². The lowest BCUT2D eigenvalue weighted by Crippen LogP contribution is -2.53. The molecule has 132 valence electrons. The lowest BCUT2D eigenvalue weighted by molar-refractivity contribution is 0.00459. The fraction of sp³-hybridized carbons (Fsp3) is 0.947. The maximum absolute atomic E-state index is 12.5. The van der Waals surface area contributed by atoms with Gasteiger partial charge in [-0.05, 0) is 77.7 Å². The van der Waals surface area contributed by atoms with Crippen molar-refractivity contribution in [1.82, 2.24) is 10.2 Å². The van der Waals surface area contributed by atoms with E-state index >= 15 is 0 Å². The molecule has 0 aromatic heterocycles. The number of hydrogen-bond acceptors (Lipinski definition) is 3. The van der Waals surface area contributed by atoms with Gasteiger partial charge >= 0.3 is 6.09 Å². The average molecular weight is 322 g/mol. The van der Waals surface area contributed by atoms with Gasteiger partial charge in [-0.2, -0.15) is 0 Å². The minimum Gasteiger partial charge on any atom is -0.444 e. The summed E-state index contributed by atoms with van der Waals surface area (Å²) in [6.45, 7) is 9.39. The van der Waals surface area contributed by atoms with E-state index in [2.05, 4.69) is 12.2 Å². The van der Waals surface area contributed by atoms with Crippen LogP contribution in [0.15, 0.2) is 0 Å². The molecule has 2 saturated heterocycles. The van der Waals surface area contributed by atoms with Crippen LogP contribution in [0.5, 0.6) is 0 Å². The zero-order valence-electron chi connectivity index (χ0n) is 15.3. The third-order valence-electron chi connectivity index (χ3n) is 5.84. The van der Waals surface area contributed by atoms with Crippen LogP contribution in [0.25, 0.3) is 0 Å². The van der Waals surface area contributed by atoms with Crippen LogP contribution >= 0.6 is 0 Å². The van der Waals surface area contributed by atoms with Gasteiger partial charge in [-0.25, -0.2) is 4.79 Å². The maximum atomic E-state index is 12.5. The first-order chi connectivity index (χ1) is 10.8. The van der Waals surface area contributed by atoms with Crippen LogP contribution in [0, 0.1) is 11.8 Å². The Balaban J connectivity index is 1.49. The van der Waals surface area contributed by atoms with Crippen LogP contribution in [0.4, 0.5) is 4.79 Å². The van der Waals surface area contributed by atoms with Crippen molar-refractivity contribution < 1.29 is 9.53 Å². The van der Waals surface area contributed by atoms with Crippen LogP contribution < -0.4 is 5.32 Å². The molecule has 3 fully saturated rings. The van der Waals surface area contributed by atoms with E-state index in [-0.39, 0.29) is 6.09 Å². The van der Waals surface area contributed by atoms with Crippen molar-refractivity contribution in [2.45, 2.75) is 96.4 Å². The summed E-state index contributed by atoms with van der Waals surface area (Å²) in [7, 11) is 0. The van der Waals surface area contributed by atoms with Crippen molar-refractivity contribution in [2.24, 2.45) is 11.8 Å². The van der Waals surface area contributed by atoms with Gasteiger partial charge in [0.1, 0.15) is 5.60 Å². The van der Waals surface area contributed by atoms with E-state index in [1.54, 1.807) is 0 Å². The monoisotopic (exact) mass is 322 g/mol. The normalized spacial score (nSPS) is 37.2. The number of carbonyl (C=O) groups excluding carboxylic acids is 1. The third kappa shape index (κ3) is 4.20.